The number of carbonyl (C=O) groups is 1. The lowest BCUT2D eigenvalue weighted by molar-refractivity contribution is -0.123. The van der Waals surface area contributed by atoms with E-state index in [4.69, 9.17) is 5.73 Å². The fraction of sp³-hybridized carbons (Fsp3) is 0.929. The summed E-state index contributed by atoms with van der Waals surface area (Å²) in [4.78, 5) is 12.0. The Morgan fingerprint density at radius 2 is 2.05 bits per heavy atom. The van der Waals surface area contributed by atoms with Gasteiger partial charge in [-0.3, -0.25) is 9.00 Å². The first kappa shape index (κ1) is 19.9. The maximum atomic E-state index is 12.0. The summed E-state index contributed by atoms with van der Waals surface area (Å²) in [5, 5.41) is 3.28. The van der Waals surface area contributed by atoms with Gasteiger partial charge in [0.2, 0.25) is 5.91 Å². The predicted molar refractivity (Wildman–Crippen MR) is 87.5 cm³/mol. The van der Waals surface area contributed by atoms with E-state index in [1.165, 1.54) is 0 Å². The van der Waals surface area contributed by atoms with Crippen LogP contribution in [0.1, 0.15) is 52.9 Å². The minimum atomic E-state index is -0.751. The number of amides is 1. The summed E-state index contributed by atoms with van der Waals surface area (Å²) in [6.45, 7) is 6.08. The van der Waals surface area contributed by atoms with Crippen LogP contribution < -0.4 is 11.1 Å². The molecule has 1 fully saturated rings. The van der Waals surface area contributed by atoms with Crippen molar-refractivity contribution >= 4 is 29.1 Å². The summed E-state index contributed by atoms with van der Waals surface area (Å²) < 4.78 is 11.9. The van der Waals surface area contributed by atoms with Gasteiger partial charge in [0.15, 0.2) is 0 Å². The van der Waals surface area contributed by atoms with Gasteiger partial charge in [0.05, 0.1) is 6.04 Å². The molecule has 3 N–H and O–H groups in total. The number of nitrogens with one attached hydrogen (secondary N) is 1. The van der Waals surface area contributed by atoms with Gasteiger partial charge >= 0.3 is 0 Å². The summed E-state index contributed by atoms with van der Waals surface area (Å²) in [6.07, 6.45) is 4.59. The Kier molecular flexibility index (Phi) is 9.68. The summed E-state index contributed by atoms with van der Waals surface area (Å²) >= 11 is 0. The van der Waals surface area contributed by atoms with Crippen molar-refractivity contribution in [2.45, 2.75) is 70.2 Å². The second-order valence-electron chi connectivity index (χ2n) is 5.90. The Bertz CT molecular complexity index is 326. The Labute approximate surface area is 131 Å². The number of hydrogen-bond donors (Lipinski definition) is 2. The third-order valence-corrected chi connectivity index (χ3v) is 5.43. The third-order valence-electron chi connectivity index (χ3n) is 3.69. The summed E-state index contributed by atoms with van der Waals surface area (Å²) in [7, 11) is -0.751. The summed E-state index contributed by atoms with van der Waals surface area (Å²) in [6, 6.07) is -0.267. The van der Waals surface area contributed by atoms with E-state index in [0.29, 0.717) is 18.1 Å². The second-order valence-corrected chi connectivity index (χ2v) is 7.91. The van der Waals surface area contributed by atoms with Crippen molar-refractivity contribution in [1.82, 2.24) is 5.32 Å². The van der Waals surface area contributed by atoms with Gasteiger partial charge in [0.1, 0.15) is 0 Å². The molecule has 1 rings (SSSR count). The maximum Gasteiger partial charge on any atom is 0.237 e. The topological polar surface area (TPSA) is 72.2 Å². The molecule has 0 aromatic heterocycles. The molecule has 6 heteroatoms. The summed E-state index contributed by atoms with van der Waals surface area (Å²) in [5.41, 5.74) is 5.88. The van der Waals surface area contributed by atoms with Gasteiger partial charge in [0.25, 0.3) is 0 Å². The monoisotopic (exact) mass is 324 g/mol. The van der Waals surface area contributed by atoms with Crippen LogP contribution in [0.5, 0.6) is 0 Å². The molecule has 1 saturated carbocycles. The number of carbonyl (C=O) groups excluding carboxylic acids is 1. The molecule has 1 aliphatic carbocycles. The first-order valence-corrected chi connectivity index (χ1v) is 8.75. The Hall–Kier alpha value is -0.130. The highest BCUT2D eigenvalue weighted by Crippen LogP contribution is 2.23. The van der Waals surface area contributed by atoms with Gasteiger partial charge in [-0.25, -0.2) is 0 Å². The fourth-order valence-electron chi connectivity index (χ4n) is 2.67. The Morgan fingerprint density at radius 1 is 1.40 bits per heavy atom. The first-order chi connectivity index (χ1) is 8.93. The summed E-state index contributed by atoms with van der Waals surface area (Å²) in [5.74, 6) is 1.08. The minimum Gasteiger partial charge on any atom is -0.352 e. The minimum absolute atomic E-state index is 0. The third kappa shape index (κ3) is 6.55. The number of hydrogen-bond acceptors (Lipinski definition) is 3. The van der Waals surface area contributed by atoms with Crippen LogP contribution in [0.2, 0.25) is 0 Å². The van der Waals surface area contributed by atoms with Crippen LogP contribution >= 0.6 is 12.4 Å². The zero-order chi connectivity index (χ0) is 14.4. The highest BCUT2D eigenvalue weighted by atomic mass is 35.5. The number of rotatable bonds is 6. The van der Waals surface area contributed by atoms with Crippen molar-refractivity contribution in [2.24, 2.45) is 11.7 Å². The van der Waals surface area contributed by atoms with Crippen molar-refractivity contribution in [3.63, 3.8) is 0 Å². The van der Waals surface area contributed by atoms with Crippen LogP contribution in [-0.2, 0) is 15.6 Å². The average molecular weight is 325 g/mol. The standard InChI is InChI=1S/C14H28N2O2S.ClH/c1-4-19(18)12-7-5-6-11(9-12)16-14(17)13(15)8-10(2)3;/h10-13H,4-9,15H2,1-3H3,(H,16,17);1H/t11?,12?,13-,19?;/m0./s1. The normalized spacial score (nSPS) is 25.6. The van der Waals surface area contributed by atoms with Crippen LogP contribution in [-0.4, -0.2) is 33.2 Å². The van der Waals surface area contributed by atoms with E-state index < -0.39 is 16.8 Å². The van der Waals surface area contributed by atoms with Crippen molar-refractivity contribution < 1.29 is 9.00 Å². The number of halogens is 1. The van der Waals surface area contributed by atoms with Crippen LogP contribution in [0.3, 0.4) is 0 Å². The predicted octanol–water partition coefficient (Wildman–Crippen LogP) is 1.98. The van der Waals surface area contributed by atoms with Crippen LogP contribution in [0, 0.1) is 5.92 Å². The zero-order valence-electron chi connectivity index (χ0n) is 12.8. The van der Waals surface area contributed by atoms with E-state index in [1.54, 1.807) is 0 Å². The molecule has 0 spiro atoms. The zero-order valence-corrected chi connectivity index (χ0v) is 14.4. The largest absolute Gasteiger partial charge is 0.352 e. The van der Waals surface area contributed by atoms with Gasteiger partial charge < -0.3 is 11.1 Å². The fourth-order valence-corrected chi connectivity index (χ4v) is 4.02. The lowest BCUT2D eigenvalue weighted by Gasteiger charge is -2.30. The lowest BCUT2D eigenvalue weighted by Crippen LogP contribution is -2.48. The van der Waals surface area contributed by atoms with Gasteiger partial charge in [-0.15, -0.1) is 12.4 Å². The van der Waals surface area contributed by atoms with Crippen LogP contribution in [0.15, 0.2) is 0 Å². The van der Waals surface area contributed by atoms with Crippen LogP contribution in [0.25, 0.3) is 0 Å². The van der Waals surface area contributed by atoms with Crippen molar-refractivity contribution in [3.8, 4) is 0 Å². The molecular weight excluding hydrogens is 296 g/mol. The molecule has 0 saturated heterocycles. The van der Waals surface area contributed by atoms with E-state index in [0.717, 1.165) is 25.7 Å². The first-order valence-electron chi connectivity index (χ1n) is 7.37. The van der Waals surface area contributed by atoms with Gasteiger partial charge in [0, 0.05) is 27.8 Å². The molecule has 1 aliphatic rings. The van der Waals surface area contributed by atoms with E-state index >= 15 is 0 Å². The molecule has 0 bridgehead atoms. The molecule has 0 aromatic rings. The van der Waals surface area contributed by atoms with Gasteiger partial charge in [-0.2, -0.15) is 0 Å². The van der Waals surface area contributed by atoms with Gasteiger partial charge in [-0.1, -0.05) is 27.2 Å². The lowest BCUT2D eigenvalue weighted by atomic mass is 9.94. The highest BCUT2D eigenvalue weighted by Gasteiger charge is 2.27. The molecule has 3 unspecified atom stereocenters. The molecule has 120 valence electrons. The average Bonchev–Trinajstić information content (AvgIpc) is 2.37. The van der Waals surface area contributed by atoms with E-state index in [9.17, 15) is 9.00 Å². The second kappa shape index (κ2) is 9.74. The molecule has 0 heterocycles. The SMILES string of the molecule is CCS(=O)C1CCCC(NC(=O)[C@@H](N)CC(C)C)C1.Cl. The van der Waals surface area contributed by atoms with E-state index in [-0.39, 0.29) is 29.6 Å². The molecular formula is C14H29ClN2O2S. The molecule has 4 nitrogen and oxygen atoms in total. The number of nitrogens with two attached hydrogens (primary N) is 1. The Balaban J connectivity index is 0.00000361. The smallest absolute Gasteiger partial charge is 0.237 e. The van der Waals surface area contributed by atoms with Crippen molar-refractivity contribution in [2.75, 3.05) is 5.75 Å². The molecule has 0 aromatic carbocycles. The highest BCUT2D eigenvalue weighted by molar-refractivity contribution is 7.85. The molecule has 0 radical (unpaired) electrons. The van der Waals surface area contributed by atoms with Crippen molar-refractivity contribution in [1.29, 1.82) is 0 Å². The van der Waals surface area contributed by atoms with Gasteiger partial charge in [-0.05, 0) is 31.6 Å². The van der Waals surface area contributed by atoms with E-state index in [2.05, 4.69) is 19.2 Å². The molecule has 0 aliphatic heterocycles. The molecule has 4 atom stereocenters. The van der Waals surface area contributed by atoms with Crippen molar-refractivity contribution in [3.05, 3.63) is 0 Å². The van der Waals surface area contributed by atoms with E-state index in [1.807, 2.05) is 6.92 Å². The van der Waals surface area contributed by atoms with Crippen LogP contribution in [0.4, 0.5) is 0 Å². The molecule has 1 amide bonds. The maximum absolute atomic E-state index is 12.0. The molecule has 20 heavy (non-hydrogen) atoms. The Morgan fingerprint density at radius 3 is 2.60 bits per heavy atom. The quantitative estimate of drug-likeness (QED) is 0.784.